The van der Waals surface area contributed by atoms with Crippen molar-refractivity contribution < 1.29 is 9.59 Å². The number of carbonyl (C=O) groups excluding carboxylic acids is 2. The lowest BCUT2D eigenvalue weighted by atomic mass is 10.1. The summed E-state index contributed by atoms with van der Waals surface area (Å²) >= 11 is 6.01. The highest BCUT2D eigenvalue weighted by Crippen LogP contribution is 2.14. The van der Waals surface area contributed by atoms with Gasteiger partial charge in [0, 0.05) is 63.4 Å². The van der Waals surface area contributed by atoms with E-state index in [1.165, 1.54) is 12.8 Å². The second-order valence-electron chi connectivity index (χ2n) is 8.52. The van der Waals surface area contributed by atoms with Crippen LogP contribution in [0.25, 0.3) is 0 Å². The maximum atomic E-state index is 12.7. The van der Waals surface area contributed by atoms with Crippen LogP contribution in [0.4, 0.5) is 0 Å². The molecule has 6 nitrogen and oxygen atoms in total. The van der Waals surface area contributed by atoms with Crippen LogP contribution in [-0.2, 0) is 16.0 Å². The van der Waals surface area contributed by atoms with Gasteiger partial charge < -0.3 is 9.80 Å². The van der Waals surface area contributed by atoms with Gasteiger partial charge in [-0.05, 0) is 31.0 Å². The number of hydrogen-bond acceptors (Lipinski definition) is 4. The zero-order valence-corrected chi connectivity index (χ0v) is 19.1. The molecule has 0 aliphatic carbocycles. The van der Waals surface area contributed by atoms with Crippen LogP contribution in [0, 0.1) is 0 Å². The van der Waals surface area contributed by atoms with Crippen molar-refractivity contribution in [1.82, 2.24) is 19.6 Å². The summed E-state index contributed by atoms with van der Waals surface area (Å²) in [7, 11) is 0. The van der Waals surface area contributed by atoms with Gasteiger partial charge in [0.1, 0.15) is 0 Å². The quantitative estimate of drug-likeness (QED) is 0.661. The fraction of sp³-hybridized carbons (Fsp3) is 0.652. The standard InChI is InChI=1S/C23H35ClN4O2/c1-3-5-19(2)26-12-14-28(15-13-26)23(30)18-25-8-10-27(11-9-25)22(29)17-20-6-4-7-21(24)16-20/h4,6-7,16,19H,3,5,8-15,17-18H2,1-2H3. The van der Waals surface area contributed by atoms with Crippen LogP contribution >= 0.6 is 11.6 Å². The summed E-state index contributed by atoms with van der Waals surface area (Å²) in [5, 5.41) is 0.657. The molecule has 2 fully saturated rings. The highest BCUT2D eigenvalue weighted by molar-refractivity contribution is 6.30. The topological polar surface area (TPSA) is 47.1 Å². The molecule has 2 aliphatic heterocycles. The van der Waals surface area contributed by atoms with E-state index in [0.717, 1.165) is 44.8 Å². The predicted molar refractivity (Wildman–Crippen MR) is 121 cm³/mol. The molecule has 2 amide bonds. The smallest absolute Gasteiger partial charge is 0.236 e. The van der Waals surface area contributed by atoms with E-state index in [1.807, 2.05) is 34.1 Å². The van der Waals surface area contributed by atoms with Crippen molar-refractivity contribution in [3.8, 4) is 0 Å². The number of amides is 2. The second kappa shape index (κ2) is 11.1. The van der Waals surface area contributed by atoms with Gasteiger partial charge in [0.05, 0.1) is 13.0 Å². The average molecular weight is 435 g/mol. The molecule has 1 aromatic carbocycles. The fourth-order valence-electron chi connectivity index (χ4n) is 4.39. The Morgan fingerprint density at radius 3 is 2.23 bits per heavy atom. The number of rotatable bonds is 7. The van der Waals surface area contributed by atoms with Crippen LogP contribution in [-0.4, -0.2) is 96.4 Å². The van der Waals surface area contributed by atoms with E-state index in [2.05, 4.69) is 23.6 Å². The summed E-state index contributed by atoms with van der Waals surface area (Å²) in [6.07, 6.45) is 2.79. The van der Waals surface area contributed by atoms with E-state index >= 15 is 0 Å². The maximum Gasteiger partial charge on any atom is 0.236 e. The molecule has 0 radical (unpaired) electrons. The fourth-order valence-corrected chi connectivity index (χ4v) is 4.61. The van der Waals surface area contributed by atoms with Gasteiger partial charge in [-0.25, -0.2) is 0 Å². The van der Waals surface area contributed by atoms with Crippen molar-refractivity contribution in [1.29, 1.82) is 0 Å². The van der Waals surface area contributed by atoms with E-state index in [1.54, 1.807) is 0 Å². The van der Waals surface area contributed by atoms with Gasteiger partial charge in [-0.1, -0.05) is 37.1 Å². The Labute approximate surface area is 185 Å². The summed E-state index contributed by atoms with van der Waals surface area (Å²) in [6, 6.07) is 8.07. The molecule has 7 heteroatoms. The third kappa shape index (κ3) is 6.43. The van der Waals surface area contributed by atoms with E-state index < -0.39 is 0 Å². The first-order valence-electron chi connectivity index (χ1n) is 11.2. The van der Waals surface area contributed by atoms with Crippen molar-refractivity contribution in [2.24, 2.45) is 0 Å². The Hall–Kier alpha value is -1.63. The Balaban J connectivity index is 1.38. The monoisotopic (exact) mass is 434 g/mol. The molecule has 1 atom stereocenters. The summed E-state index contributed by atoms with van der Waals surface area (Å²) in [5.41, 5.74) is 0.942. The molecule has 0 saturated carbocycles. The molecule has 0 N–H and O–H groups in total. The lowest BCUT2D eigenvalue weighted by Gasteiger charge is -2.39. The molecule has 1 unspecified atom stereocenters. The number of halogens is 1. The largest absolute Gasteiger partial charge is 0.340 e. The summed E-state index contributed by atoms with van der Waals surface area (Å²) < 4.78 is 0. The first kappa shape index (κ1) is 23.0. The minimum absolute atomic E-state index is 0.126. The Morgan fingerprint density at radius 1 is 0.967 bits per heavy atom. The Bertz CT molecular complexity index is 713. The minimum Gasteiger partial charge on any atom is -0.340 e. The van der Waals surface area contributed by atoms with Crippen molar-refractivity contribution in [2.45, 2.75) is 39.2 Å². The van der Waals surface area contributed by atoms with Crippen molar-refractivity contribution in [3.63, 3.8) is 0 Å². The number of piperazine rings is 2. The highest BCUT2D eigenvalue weighted by atomic mass is 35.5. The molecule has 0 spiro atoms. The molecule has 2 heterocycles. The van der Waals surface area contributed by atoms with Gasteiger partial charge in [-0.3, -0.25) is 19.4 Å². The molecule has 1 aromatic rings. The number of benzene rings is 1. The SMILES string of the molecule is CCCC(C)N1CCN(C(=O)CN2CCN(C(=O)Cc3cccc(Cl)c3)CC2)CC1. The van der Waals surface area contributed by atoms with E-state index in [-0.39, 0.29) is 11.8 Å². The number of hydrogen-bond donors (Lipinski definition) is 0. The molecule has 30 heavy (non-hydrogen) atoms. The molecule has 2 saturated heterocycles. The van der Waals surface area contributed by atoms with Crippen LogP contribution in [0.5, 0.6) is 0 Å². The third-order valence-electron chi connectivity index (χ3n) is 6.33. The van der Waals surface area contributed by atoms with Gasteiger partial charge in [0.15, 0.2) is 0 Å². The van der Waals surface area contributed by atoms with Gasteiger partial charge in [-0.15, -0.1) is 0 Å². The van der Waals surface area contributed by atoms with E-state index in [0.29, 0.717) is 37.1 Å². The molecule has 3 rings (SSSR count). The molecule has 2 aliphatic rings. The third-order valence-corrected chi connectivity index (χ3v) is 6.56. The zero-order chi connectivity index (χ0) is 21.5. The van der Waals surface area contributed by atoms with E-state index in [4.69, 9.17) is 11.6 Å². The lowest BCUT2D eigenvalue weighted by Crippen LogP contribution is -2.55. The van der Waals surface area contributed by atoms with Crippen molar-refractivity contribution >= 4 is 23.4 Å². The van der Waals surface area contributed by atoms with Gasteiger partial charge in [-0.2, -0.15) is 0 Å². The van der Waals surface area contributed by atoms with Crippen LogP contribution in [0.15, 0.2) is 24.3 Å². The molecule has 0 bridgehead atoms. The van der Waals surface area contributed by atoms with Crippen LogP contribution < -0.4 is 0 Å². The van der Waals surface area contributed by atoms with Gasteiger partial charge in [0.2, 0.25) is 11.8 Å². The summed E-state index contributed by atoms with van der Waals surface area (Å²) in [4.78, 5) is 33.9. The van der Waals surface area contributed by atoms with Crippen LogP contribution in [0.3, 0.4) is 0 Å². The Kier molecular flexibility index (Phi) is 8.54. The van der Waals surface area contributed by atoms with Crippen LogP contribution in [0.2, 0.25) is 5.02 Å². The highest BCUT2D eigenvalue weighted by Gasteiger charge is 2.27. The first-order valence-corrected chi connectivity index (χ1v) is 11.6. The molecular formula is C23H35ClN4O2. The summed E-state index contributed by atoms with van der Waals surface area (Å²) in [5.74, 6) is 0.345. The van der Waals surface area contributed by atoms with Crippen molar-refractivity contribution in [2.75, 3.05) is 58.9 Å². The first-order chi connectivity index (χ1) is 14.5. The maximum absolute atomic E-state index is 12.7. The molecular weight excluding hydrogens is 400 g/mol. The lowest BCUT2D eigenvalue weighted by molar-refractivity contribution is -0.136. The zero-order valence-electron chi connectivity index (χ0n) is 18.4. The molecule has 0 aromatic heterocycles. The predicted octanol–water partition coefficient (Wildman–Crippen LogP) is 2.36. The molecule has 166 valence electrons. The number of carbonyl (C=O) groups is 2. The van der Waals surface area contributed by atoms with Crippen molar-refractivity contribution in [3.05, 3.63) is 34.9 Å². The van der Waals surface area contributed by atoms with Gasteiger partial charge >= 0.3 is 0 Å². The Morgan fingerprint density at radius 2 is 1.60 bits per heavy atom. The average Bonchev–Trinajstić information content (AvgIpc) is 2.74. The minimum atomic E-state index is 0.126. The van der Waals surface area contributed by atoms with Gasteiger partial charge in [0.25, 0.3) is 0 Å². The normalized spacial score (nSPS) is 19.7. The summed E-state index contributed by atoms with van der Waals surface area (Å²) in [6.45, 7) is 11.4. The van der Waals surface area contributed by atoms with Crippen LogP contribution in [0.1, 0.15) is 32.3 Å². The van der Waals surface area contributed by atoms with E-state index in [9.17, 15) is 9.59 Å². The number of nitrogens with zero attached hydrogens (tertiary/aromatic N) is 4. The second-order valence-corrected chi connectivity index (χ2v) is 8.95.